The molecule has 7 heteroatoms. The maximum absolute atomic E-state index is 11.4. The van der Waals surface area contributed by atoms with E-state index in [0.717, 1.165) is 23.7 Å². The Morgan fingerprint density at radius 1 is 1.50 bits per heavy atom. The number of carboxylic acids is 1. The number of aromatic carboxylic acids is 1. The second-order valence-electron chi connectivity index (χ2n) is 4.64. The highest BCUT2D eigenvalue weighted by Gasteiger charge is 2.29. The molecule has 2 aromatic rings. The zero-order chi connectivity index (χ0) is 14.1. The zero-order valence-corrected chi connectivity index (χ0v) is 12.5. The molecule has 0 atom stereocenters. The second-order valence-corrected chi connectivity index (χ2v) is 6.58. The minimum atomic E-state index is -0.966. The standard InChI is InChI=1S/C13H13N3O2S2/c1-7-10(13(17)18)12(16-11(15-7)8-2-3-8)20-6-9-14-4-5-19-9/h4-5,8H,2-3,6H2,1H3,(H,17,18). The van der Waals surface area contributed by atoms with E-state index in [1.165, 1.54) is 11.8 Å². The number of carboxylic acid groups (broad SMARTS) is 1. The van der Waals surface area contributed by atoms with E-state index in [4.69, 9.17) is 0 Å². The molecular weight excluding hydrogens is 294 g/mol. The maximum Gasteiger partial charge on any atom is 0.340 e. The largest absolute Gasteiger partial charge is 0.478 e. The van der Waals surface area contributed by atoms with Gasteiger partial charge in [-0.1, -0.05) is 11.8 Å². The van der Waals surface area contributed by atoms with Crippen molar-refractivity contribution < 1.29 is 9.90 Å². The van der Waals surface area contributed by atoms with Crippen molar-refractivity contribution in [3.8, 4) is 0 Å². The Bertz CT molecular complexity index is 639. The average molecular weight is 307 g/mol. The van der Waals surface area contributed by atoms with Crippen LogP contribution in [0.1, 0.15) is 45.6 Å². The van der Waals surface area contributed by atoms with Crippen molar-refractivity contribution in [2.24, 2.45) is 0 Å². The molecule has 104 valence electrons. The summed E-state index contributed by atoms with van der Waals surface area (Å²) in [4.78, 5) is 24.4. The molecule has 1 aliphatic rings. The highest BCUT2D eigenvalue weighted by molar-refractivity contribution is 7.98. The minimum Gasteiger partial charge on any atom is -0.478 e. The summed E-state index contributed by atoms with van der Waals surface area (Å²) < 4.78 is 0. The predicted octanol–water partition coefficient (Wildman–Crippen LogP) is 3.11. The molecule has 1 N–H and O–H groups in total. The van der Waals surface area contributed by atoms with Crippen LogP contribution in [0, 0.1) is 6.92 Å². The topological polar surface area (TPSA) is 76.0 Å². The number of nitrogens with zero attached hydrogens (tertiary/aromatic N) is 3. The van der Waals surface area contributed by atoms with Gasteiger partial charge in [0.25, 0.3) is 0 Å². The van der Waals surface area contributed by atoms with Crippen LogP contribution in [0.2, 0.25) is 0 Å². The fraction of sp³-hybridized carbons (Fsp3) is 0.385. The molecule has 5 nitrogen and oxygen atoms in total. The summed E-state index contributed by atoms with van der Waals surface area (Å²) in [7, 11) is 0. The third-order valence-electron chi connectivity index (χ3n) is 3.05. The number of thioether (sulfide) groups is 1. The Morgan fingerprint density at radius 3 is 2.90 bits per heavy atom. The van der Waals surface area contributed by atoms with Gasteiger partial charge in [-0.15, -0.1) is 11.3 Å². The van der Waals surface area contributed by atoms with E-state index in [1.807, 2.05) is 5.38 Å². The van der Waals surface area contributed by atoms with Gasteiger partial charge < -0.3 is 5.11 Å². The number of aryl methyl sites for hydroxylation is 1. The predicted molar refractivity (Wildman–Crippen MR) is 77.4 cm³/mol. The Hall–Kier alpha value is -1.47. The number of rotatable bonds is 5. The van der Waals surface area contributed by atoms with Crippen LogP contribution in [-0.4, -0.2) is 26.0 Å². The van der Waals surface area contributed by atoms with Crippen LogP contribution in [0.25, 0.3) is 0 Å². The lowest BCUT2D eigenvalue weighted by Gasteiger charge is -2.09. The highest BCUT2D eigenvalue weighted by Crippen LogP contribution is 2.39. The average Bonchev–Trinajstić information content (AvgIpc) is 3.12. The molecule has 0 amide bonds. The number of carbonyl (C=O) groups is 1. The molecule has 0 bridgehead atoms. The minimum absolute atomic E-state index is 0.218. The smallest absolute Gasteiger partial charge is 0.340 e. The van der Waals surface area contributed by atoms with E-state index in [2.05, 4.69) is 15.0 Å². The van der Waals surface area contributed by atoms with Crippen LogP contribution < -0.4 is 0 Å². The third kappa shape index (κ3) is 2.83. The van der Waals surface area contributed by atoms with E-state index in [9.17, 15) is 9.90 Å². The van der Waals surface area contributed by atoms with Gasteiger partial charge >= 0.3 is 5.97 Å². The first-order valence-electron chi connectivity index (χ1n) is 6.28. The number of hydrogen-bond donors (Lipinski definition) is 1. The lowest BCUT2D eigenvalue weighted by Crippen LogP contribution is -2.09. The summed E-state index contributed by atoms with van der Waals surface area (Å²) in [6.45, 7) is 1.74. The summed E-state index contributed by atoms with van der Waals surface area (Å²) in [5, 5.41) is 12.8. The molecule has 3 rings (SSSR count). The molecule has 20 heavy (non-hydrogen) atoms. The van der Waals surface area contributed by atoms with E-state index >= 15 is 0 Å². The lowest BCUT2D eigenvalue weighted by molar-refractivity contribution is 0.0690. The van der Waals surface area contributed by atoms with Crippen molar-refractivity contribution in [2.75, 3.05) is 0 Å². The number of thiazole rings is 1. The maximum atomic E-state index is 11.4. The van der Waals surface area contributed by atoms with Gasteiger partial charge in [-0.25, -0.2) is 19.7 Å². The van der Waals surface area contributed by atoms with Crippen molar-refractivity contribution in [3.63, 3.8) is 0 Å². The van der Waals surface area contributed by atoms with E-state index in [-0.39, 0.29) is 5.56 Å². The summed E-state index contributed by atoms with van der Waals surface area (Å²) in [5.41, 5.74) is 0.770. The highest BCUT2D eigenvalue weighted by atomic mass is 32.2. The van der Waals surface area contributed by atoms with Crippen molar-refractivity contribution in [2.45, 2.75) is 36.5 Å². The zero-order valence-electron chi connectivity index (χ0n) is 10.9. The van der Waals surface area contributed by atoms with E-state index in [0.29, 0.717) is 22.4 Å². The Balaban J connectivity index is 1.91. The third-order valence-corrected chi connectivity index (χ3v) is 5.00. The van der Waals surface area contributed by atoms with E-state index in [1.54, 1.807) is 24.5 Å². The first-order valence-corrected chi connectivity index (χ1v) is 8.14. The second kappa shape index (κ2) is 5.49. The Morgan fingerprint density at radius 2 is 2.30 bits per heavy atom. The van der Waals surface area contributed by atoms with Gasteiger partial charge in [0.1, 0.15) is 21.4 Å². The molecule has 1 saturated carbocycles. The van der Waals surface area contributed by atoms with Crippen LogP contribution in [0.5, 0.6) is 0 Å². The van der Waals surface area contributed by atoms with Gasteiger partial charge in [0.05, 0.1) is 11.4 Å². The van der Waals surface area contributed by atoms with Crippen LogP contribution in [0.3, 0.4) is 0 Å². The SMILES string of the molecule is Cc1nc(C2CC2)nc(SCc2nccs2)c1C(=O)O. The van der Waals surface area contributed by atoms with Crippen LogP contribution in [0.4, 0.5) is 0 Å². The van der Waals surface area contributed by atoms with Crippen LogP contribution >= 0.6 is 23.1 Å². The van der Waals surface area contributed by atoms with Gasteiger partial charge in [-0.2, -0.15) is 0 Å². The van der Waals surface area contributed by atoms with Gasteiger partial charge in [-0.05, 0) is 19.8 Å². The molecule has 0 radical (unpaired) electrons. The molecule has 0 spiro atoms. The Labute approximate surface area is 124 Å². The molecule has 2 heterocycles. The summed E-state index contributed by atoms with van der Waals surface area (Å²) in [6.07, 6.45) is 3.95. The lowest BCUT2D eigenvalue weighted by atomic mass is 10.2. The summed E-state index contributed by atoms with van der Waals surface area (Å²) >= 11 is 2.98. The number of hydrogen-bond acceptors (Lipinski definition) is 6. The molecule has 0 saturated heterocycles. The van der Waals surface area contributed by atoms with Gasteiger partial charge in [0.15, 0.2) is 0 Å². The molecule has 2 aromatic heterocycles. The fourth-order valence-corrected chi connectivity index (χ4v) is 3.62. The molecule has 0 aromatic carbocycles. The van der Waals surface area contributed by atoms with Crippen molar-refractivity contribution in [1.29, 1.82) is 0 Å². The Kier molecular flexibility index (Phi) is 3.71. The van der Waals surface area contributed by atoms with Crippen molar-refractivity contribution >= 4 is 29.1 Å². The number of aromatic nitrogens is 3. The van der Waals surface area contributed by atoms with Crippen LogP contribution in [0.15, 0.2) is 16.6 Å². The molecule has 0 unspecified atom stereocenters. The molecular formula is C13H13N3O2S2. The van der Waals surface area contributed by atoms with Gasteiger partial charge in [-0.3, -0.25) is 0 Å². The van der Waals surface area contributed by atoms with Gasteiger partial charge in [0, 0.05) is 17.5 Å². The fourth-order valence-electron chi connectivity index (χ4n) is 1.90. The molecule has 1 aliphatic carbocycles. The monoisotopic (exact) mass is 307 g/mol. The first-order chi connectivity index (χ1) is 9.65. The van der Waals surface area contributed by atoms with Crippen LogP contribution in [-0.2, 0) is 5.75 Å². The first kappa shape index (κ1) is 13.5. The summed E-state index contributed by atoms with van der Waals surface area (Å²) in [5.74, 6) is 0.870. The molecule has 1 fully saturated rings. The normalized spacial score (nSPS) is 14.4. The quantitative estimate of drug-likeness (QED) is 0.675. The van der Waals surface area contributed by atoms with Crippen molar-refractivity contribution in [1.82, 2.24) is 15.0 Å². The van der Waals surface area contributed by atoms with Gasteiger partial charge in [0.2, 0.25) is 0 Å². The molecule has 0 aliphatic heterocycles. The summed E-state index contributed by atoms with van der Waals surface area (Å²) in [6, 6.07) is 0. The van der Waals surface area contributed by atoms with E-state index < -0.39 is 5.97 Å². The van der Waals surface area contributed by atoms with Crippen molar-refractivity contribution in [3.05, 3.63) is 33.7 Å².